The number of rotatable bonds is 8. The number of benzene rings is 3. The van der Waals surface area contributed by atoms with E-state index in [4.69, 9.17) is 9.47 Å². The summed E-state index contributed by atoms with van der Waals surface area (Å²) in [7, 11) is 0. The molecule has 3 aromatic carbocycles. The third kappa shape index (κ3) is 8.00. The van der Waals surface area contributed by atoms with Gasteiger partial charge in [-0.05, 0) is 61.0 Å². The van der Waals surface area contributed by atoms with Crippen LogP contribution in [0.15, 0.2) is 92.9 Å². The van der Waals surface area contributed by atoms with Gasteiger partial charge in [-0.1, -0.05) is 62.2 Å². The van der Waals surface area contributed by atoms with Crippen molar-refractivity contribution in [2.24, 2.45) is 5.10 Å². The van der Waals surface area contributed by atoms with Crippen LogP contribution in [0, 0.1) is 0 Å². The summed E-state index contributed by atoms with van der Waals surface area (Å²) < 4.78 is 12.7. The number of ether oxygens (including phenoxy) is 2. The molecule has 8 heteroatoms. The molecule has 0 saturated heterocycles. The zero-order valence-electron chi connectivity index (χ0n) is 17.6. The Morgan fingerprint density at radius 3 is 2.39 bits per heavy atom. The van der Waals surface area contributed by atoms with Crippen molar-refractivity contribution in [1.29, 1.82) is 0 Å². The number of halogens is 2. The van der Waals surface area contributed by atoms with Crippen LogP contribution < -0.4 is 14.9 Å². The minimum absolute atomic E-state index is 0.304. The fourth-order valence-corrected chi connectivity index (χ4v) is 3.25. The maximum atomic E-state index is 12.3. The highest BCUT2D eigenvalue weighted by Crippen LogP contribution is 2.22. The van der Waals surface area contributed by atoms with Crippen LogP contribution in [0.25, 0.3) is 6.08 Å². The minimum Gasteiger partial charge on any atom is -0.481 e. The number of hydrogen-bond donors (Lipinski definition) is 1. The molecule has 0 radical (unpaired) electrons. The van der Waals surface area contributed by atoms with E-state index in [9.17, 15) is 9.59 Å². The van der Waals surface area contributed by atoms with E-state index in [0.717, 1.165) is 14.5 Å². The Labute approximate surface area is 208 Å². The van der Waals surface area contributed by atoms with E-state index in [2.05, 4.69) is 42.4 Å². The average molecular weight is 572 g/mol. The van der Waals surface area contributed by atoms with Gasteiger partial charge in [0.15, 0.2) is 6.10 Å². The molecular weight excluding hydrogens is 552 g/mol. The molecule has 3 rings (SSSR count). The summed E-state index contributed by atoms with van der Waals surface area (Å²) in [6.45, 7) is 1.62. The Bertz CT molecular complexity index is 1160. The number of esters is 1. The predicted molar refractivity (Wildman–Crippen MR) is 135 cm³/mol. The van der Waals surface area contributed by atoms with Crippen LogP contribution in [-0.2, 0) is 9.59 Å². The Balaban J connectivity index is 1.61. The van der Waals surface area contributed by atoms with Gasteiger partial charge >= 0.3 is 5.97 Å². The molecule has 0 aliphatic heterocycles. The topological polar surface area (TPSA) is 77.0 Å². The van der Waals surface area contributed by atoms with Crippen LogP contribution in [0.3, 0.4) is 0 Å². The molecule has 0 heterocycles. The number of nitrogens with one attached hydrogen (secondary N) is 1. The summed E-state index contributed by atoms with van der Waals surface area (Å²) >= 11 is 6.73. The zero-order chi connectivity index (χ0) is 23.6. The van der Waals surface area contributed by atoms with Crippen molar-refractivity contribution in [2.45, 2.75) is 13.0 Å². The van der Waals surface area contributed by atoms with Gasteiger partial charge in [-0.2, -0.15) is 5.10 Å². The van der Waals surface area contributed by atoms with Crippen molar-refractivity contribution in [2.75, 3.05) is 0 Å². The molecule has 0 aromatic heterocycles. The van der Waals surface area contributed by atoms with Gasteiger partial charge in [0.2, 0.25) is 0 Å². The van der Waals surface area contributed by atoms with Gasteiger partial charge in [0.05, 0.1) is 6.21 Å². The predicted octanol–water partition coefficient (Wildman–Crippen LogP) is 5.75. The second-order valence-corrected chi connectivity index (χ2v) is 8.63. The quantitative estimate of drug-likeness (QED) is 0.123. The highest BCUT2D eigenvalue weighted by Gasteiger charge is 2.14. The lowest BCUT2D eigenvalue weighted by Gasteiger charge is -2.13. The summed E-state index contributed by atoms with van der Waals surface area (Å²) in [4.78, 5) is 24.5. The fourth-order valence-electron chi connectivity index (χ4n) is 2.61. The van der Waals surface area contributed by atoms with Gasteiger partial charge in [-0.3, -0.25) is 4.79 Å². The molecule has 0 fully saturated rings. The van der Waals surface area contributed by atoms with Crippen molar-refractivity contribution < 1.29 is 19.1 Å². The molecule has 33 heavy (non-hydrogen) atoms. The second kappa shape index (κ2) is 12.1. The molecule has 168 valence electrons. The molecule has 1 amide bonds. The minimum atomic E-state index is -0.758. The van der Waals surface area contributed by atoms with Gasteiger partial charge in [-0.25, -0.2) is 10.2 Å². The lowest BCUT2D eigenvalue weighted by atomic mass is 10.2. The molecule has 0 bridgehead atoms. The van der Waals surface area contributed by atoms with Crippen molar-refractivity contribution in [3.05, 3.63) is 98.9 Å². The average Bonchev–Trinajstić information content (AvgIpc) is 2.81. The lowest BCUT2D eigenvalue weighted by Crippen LogP contribution is -2.33. The van der Waals surface area contributed by atoms with E-state index in [1.807, 2.05) is 42.5 Å². The van der Waals surface area contributed by atoms with Crippen molar-refractivity contribution in [3.8, 4) is 11.5 Å². The molecule has 1 unspecified atom stereocenters. The van der Waals surface area contributed by atoms with E-state index < -0.39 is 18.0 Å². The Kier molecular flexibility index (Phi) is 8.97. The Hall–Kier alpha value is -3.23. The van der Waals surface area contributed by atoms with E-state index in [0.29, 0.717) is 17.1 Å². The van der Waals surface area contributed by atoms with Gasteiger partial charge in [0, 0.05) is 20.6 Å². The van der Waals surface area contributed by atoms with E-state index in [1.165, 1.54) is 12.3 Å². The largest absolute Gasteiger partial charge is 0.481 e. The number of hydrazone groups is 1. The Morgan fingerprint density at radius 2 is 1.67 bits per heavy atom. The smallest absolute Gasteiger partial charge is 0.336 e. The summed E-state index contributed by atoms with van der Waals surface area (Å²) in [5.41, 5.74) is 3.83. The number of hydrogen-bond acceptors (Lipinski definition) is 5. The molecular formula is C25H20Br2N2O4. The van der Waals surface area contributed by atoms with Gasteiger partial charge < -0.3 is 9.47 Å². The zero-order valence-corrected chi connectivity index (χ0v) is 20.7. The fraction of sp³-hybridized carbons (Fsp3) is 0.0800. The van der Waals surface area contributed by atoms with E-state index >= 15 is 0 Å². The first-order valence-electron chi connectivity index (χ1n) is 9.90. The molecule has 1 N–H and O–H groups in total. The molecule has 1 atom stereocenters. The molecule has 0 saturated carbocycles. The molecule has 0 spiro atoms. The van der Waals surface area contributed by atoms with Crippen LogP contribution in [0.1, 0.15) is 18.1 Å². The lowest BCUT2D eigenvalue weighted by molar-refractivity contribution is -0.129. The van der Waals surface area contributed by atoms with Crippen LogP contribution in [-0.4, -0.2) is 24.2 Å². The van der Waals surface area contributed by atoms with Crippen molar-refractivity contribution in [1.82, 2.24) is 5.43 Å². The first kappa shape index (κ1) is 24.4. The van der Waals surface area contributed by atoms with Crippen LogP contribution in [0.2, 0.25) is 0 Å². The summed E-state index contributed by atoms with van der Waals surface area (Å²) in [5, 5.41) is 3.98. The van der Waals surface area contributed by atoms with Crippen LogP contribution >= 0.6 is 31.9 Å². The number of amides is 1. The van der Waals surface area contributed by atoms with Crippen molar-refractivity contribution >= 4 is 56.0 Å². The number of carbonyl (C=O) groups excluding carboxylic acids is 2. The second-order valence-electron chi connectivity index (χ2n) is 6.80. The standard InChI is InChI=1S/C25H20Br2N2O4/c1-17(32-22-11-8-20(26)9-12-22)25(31)29-28-16-19-15-21(27)10-13-23(19)33-24(30)14-7-18-5-3-2-4-6-18/h2-17H,1H3,(H,29,31)/b14-7+,28-16+. The van der Waals surface area contributed by atoms with Gasteiger partial charge in [0.25, 0.3) is 5.91 Å². The number of nitrogens with zero attached hydrogens (tertiary/aromatic N) is 1. The normalized spacial score (nSPS) is 12.0. The first-order valence-corrected chi connectivity index (χ1v) is 11.5. The number of carbonyl (C=O) groups is 2. The maximum absolute atomic E-state index is 12.3. The van der Waals surface area contributed by atoms with Crippen LogP contribution in [0.5, 0.6) is 11.5 Å². The molecule has 0 aliphatic rings. The van der Waals surface area contributed by atoms with E-state index in [1.54, 1.807) is 43.3 Å². The summed E-state index contributed by atoms with van der Waals surface area (Å²) in [5.74, 6) is -0.0856. The molecule has 3 aromatic rings. The van der Waals surface area contributed by atoms with Gasteiger partial charge in [0.1, 0.15) is 11.5 Å². The monoisotopic (exact) mass is 570 g/mol. The molecule has 6 nitrogen and oxygen atoms in total. The molecule has 0 aliphatic carbocycles. The first-order chi connectivity index (χ1) is 15.9. The van der Waals surface area contributed by atoms with Gasteiger partial charge in [-0.15, -0.1) is 0 Å². The Morgan fingerprint density at radius 1 is 0.970 bits per heavy atom. The van der Waals surface area contributed by atoms with Crippen molar-refractivity contribution in [3.63, 3.8) is 0 Å². The van der Waals surface area contributed by atoms with E-state index in [-0.39, 0.29) is 0 Å². The highest BCUT2D eigenvalue weighted by atomic mass is 79.9. The van der Waals surface area contributed by atoms with Crippen LogP contribution in [0.4, 0.5) is 0 Å². The summed E-state index contributed by atoms with van der Waals surface area (Å²) in [6, 6.07) is 21.7. The third-order valence-electron chi connectivity index (χ3n) is 4.27. The maximum Gasteiger partial charge on any atom is 0.336 e. The SMILES string of the molecule is CC(Oc1ccc(Br)cc1)C(=O)N/N=C/c1cc(Br)ccc1OC(=O)/C=C/c1ccccc1. The summed E-state index contributed by atoms with van der Waals surface area (Å²) in [6.07, 6.45) is 3.66. The highest BCUT2D eigenvalue weighted by molar-refractivity contribution is 9.10. The third-order valence-corrected chi connectivity index (χ3v) is 5.29.